The molecule has 2 rings (SSSR count). The van der Waals surface area contributed by atoms with Crippen molar-refractivity contribution in [1.82, 2.24) is 4.98 Å². The van der Waals surface area contributed by atoms with Gasteiger partial charge in [0.2, 0.25) is 0 Å². The average molecular weight is 471 g/mol. The van der Waals surface area contributed by atoms with Crippen molar-refractivity contribution in [3.05, 3.63) is 52.8 Å². The lowest BCUT2D eigenvalue weighted by atomic mass is 9.90. The maximum atomic E-state index is 13.5. The normalized spacial score (nSPS) is 12.6. The Labute approximate surface area is 200 Å². The number of hydrogen-bond acceptors (Lipinski definition) is 8. The van der Waals surface area contributed by atoms with Crippen molar-refractivity contribution < 1.29 is 28.6 Å². The van der Waals surface area contributed by atoms with E-state index in [2.05, 4.69) is 4.98 Å². The third-order valence-corrected chi connectivity index (χ3v) is 4.64. The highest BCUT2D eigenvalue weighted by atomic mass is 16.6. The van der Waals surface area contributed by atoms with Crippen LogP contribution in [0.1, 0.15) is 73.6 Å². The Kier molecular flexibility index (Phi) is 8.21. The molecule has 0 aliphatic heterocycles. The Morgan fingerprint density at radius 1 is 0.912 bits per heavy atom. The molecule has 1 aromatic heterocycles. The highest BCUT2D eigenvalue weighted by Gasteiger charge is 2.33. The maximum absolute atomic E-state index is 13.5. The number of aryl methyl sites for hydroxylation is 1. The predicted octanol–water partition coefficient (Wildman–Crippen LogP) is 4.01. The van der Waals surface area contributed by atoms with Gasteiger partial charge in [0.15, 0.2) is 0 Å². The third kappa shape index (κ3) is 6.87. The number of ether oxygens (including phenoxy) is 3. The number of esters is 3. The van der Waals surface area contributed by atoms with Crippen LogP contribution in [-0.2, 0) is 25.4 Å². The van der Waals surface area contributed by atoms with Gasteiger partial charge in [-0.2, -0.15) is 0 Å². The molecule has 1 atom stereocenters. The number of methoxy groups -OCH3 is 1. The van der Waals surface area contributed by atoms with Gasteiger partial charge in [-0.1, -0.05) is 30.3 Å². The Morgan fingerprint density at radius 2 is 1.41 bits per heavy atom. The van der Waals surface area contributed by atoms with E-state index < -0.39 is 35.2 Å². The monoisotopic (exact) mass is 470 g/mol. The van der Waals surface area contributed by atoms with Crippen LogP contribution in [0.5, 0.6) is 0 Å². The van der Waals surface area contributed by atoms with E-state index in [0.29, 0.717) is 16.8 Å². The van der Waals surface area contributed by atoms with Crippen LogP contribution in [0.3, 0.4) is 0 Å². The minimum absolute atomic E-state index is 0.0620. The van der Waals surface area contributed by atoms with Crippen molar-refractivity contribution in [3.8, 4) is 11.1 Å². The fraction of sp³-hybridized carbons (Fsp3) is 0.462. The van der Waals surface area contributed by atoms with Crippen molar-refractivity contribution in [2.75, 3.05) is 7.11 Å². The molecule has 0 saturated heterocycles. The van der Waals surface area contributed by atoms with Crippen molar-refractivity contribution in [1.29, 1.82) is 0 Å². The molecule has 0 unspecified atom stereocenters. The van der Waals surface area contributed by atoms with E-state index in [1.165, 1.54) is 7.11 Å². The van der Waals surface area contributed by atoms with Crippen molar-refractivity contribution >= 4 is 17.9 Å². The number of carbonyl (C=O) groups is 3. The van der Waals surface area contributed by atoms with Crippen LogP contribution in [0, 0.1) is 6.92 Å². The molecular formula is C26H34N2O6. The van der Waals surface area contributed by atoms with Gasteiger partial charge in [0.1, 0.15) is 17.2 Å². The number of pyridine rings is 1. The van der Waals surface area contributed by atoms with Gasteiger partial charge in [-0.25, -0.2) is 9.59 Å². The van der Waals surface area contributed by atoms with Gasteiger partial charge in [0.25, 0.3) is 0 Å². The zero-order valence-corrected chi connectivity index (χ0v) is 21.1. The lowest BCUT2D eigenvalue weighted by Gasteiger charge is -2.25. The van der Waals surface area contributed by atoms with Crippen molar-refractivity contribution in [2.45, 2.75) is 72.1 Å². The van der Waals surface area contributed by atoms with Gasteiger partial charge in [0.05, 0.1) is 29.6 Å². The average Bonchev–Trinajstić information content (AvgIpc) is 2.70. The number of carbonyl (C=O) groups excluding carboxylic acids is 3. The van der Waals surface area contributed by atoms with E-state index >= 15 is 0 Å². The summed E-state index contributed by atoms with van der Waals surface area (Å²) in [5.74, 6) is -1.95. The molecule has 8 nitrogen and oxygen atoms in total. The van der Waals surface area contributed by atoms with E-state index in [0.717, 1.165) is 0 Å². The molecule has 184 valence electrons. The molecule has 8 heteroatoms. The first-order chi connectivity index (χ1) is 15.6. The molecule has 0 spiro atoms. The minimum Gasteiger partial charge on any atom is -0.468 e. The summed E-state index contributed by atoms with van der Waals surface area (Å²) in [7, 11) is 1.23. The number of aromatic nitrogens is 1. The summed E-state index contributed by atoms with van der Waals surface area (Å²) < 4.78 is 16.1. The van der Waals surface area contributed by atoms with Gasteiger partial charge in [-0.15, -0.1) is 0 Å². The minimum atomic E-state index is -1.06. The fourth-order valence-corrected chi connectivity index (χ4v) is 3.38. The predicted molar refractivity (Wildman–Crippen MR) is 128 cm³/mol. The first-order valence-corrected chi connectivity index (χ1v) is 11.0. The summed E-state index contributed by atoms with van der Waals surface area (Å²) in [4.78, 5) is 43.4. The van der Waals surface area contributed by atoms with Crippen LogP contribution in [-0.4, -0.2) is 47.2 Å². The molecule has 0 aliphatic rings. The van der Waals surface area contributed by atoms with Crippen LogP contribution in [0.15, 0.2) is 30.3 Å². The molecule has 1 heterocycles. The number of nitrogens with two attached hydrogens (primary N) is 1. The smallest absolute Gasteiger partial charge is 0.341 e. The van der Waals surface area contributed by atoms with Gasteiger partial charge in [-0.05, 0) is 54.0 Å². The summed E-state index contributed by atoms with van der Waals surface area (Å²) >= 11 is 0. The summed E-state index contributed by atoms with van der Waals surface area (Å²) in [5, 5.41) is 0. The Bertz CT molecular complexity index is 1070. The van der Waals surface area contributed by atoms with Crippen LogP contribution >= 0.6 is 0 Å². The molecule has 0 aliphatic carbocycles. The van der Waals surface area contributed by atoms with Gasteiger partial charge in [-0.3, -0.25) is 9.78 Å². The van der Waals surface area contributed by atoms with E-state index in [9.17, 15) is 14.4 Å². The zero-order chi connectivity index (χ0) is 25.8. The van der Waals surface area contributed by atoms with Crippen LogP contribution in [0.4, 0.5) is 0 Å². The van der Waals surface area contributed by atoms with E-state index in [-0.39, 0.29) is 23.2 Å². The van der Waals surface area contributed by atoms with Crippen LogP contribution < -0.4 is 5.73 Å². The molecule has 34 heavy (non-hydrogen) atoms. The standard InChI is InChI=1S/C26H34N2O6/c1-15-19(23(30)33-25(2,3)4)20(16-12-10-9-11-13-16)21(24(31)34-26(5,6)7)18(28-15)14-17(27)22(29)32-8/h9-13,17H,14,27H2,1-8H3/t17-/m0/s1. The van der Waals surface area contributed by atoms with Gasteiger partial charge >= 0.3 is 17.9 Å². The molecule has 0 amide bonds. The zero-order valence-electron chi connectivity index (χ0n) is 21.1. The Hall–Kier alpha value is -3.26. The lowest BCUT2D eigenvalue weighted by Crippen LogP contribution is -2.35. The molecule has 2 N–H and O–H groups in total. The highest BCUT2D eigenvalue weighted by Crippen LogP contribution is 2.34. The number of rotatable bonds is 6. The summed E-state index contributed by atoms with van der Waals surface area (Å²) in [6, 6.07) is 7.91. The van der Waals surface area contributed by atoms with Gasteiger partial charge < -0.3 is 19.9 Å². The molecule has 0 radical (unpaired) electrons. The quantitative estimate of drug-likeness (QED) is 0.497. The Balaban J connectivity index is 2.90. The highest BCUT2D eigenvalue weighted by molar-refractivity contribution is 6.07. The second-order valence-electron chi connectivity index (χ2n) is 9.97. The van der Waals surface area contributed by atoms with Crippen LogP contribution in [0.25, 0.3) is 11.1 Å². The first kappa shape index (κ1) is 27.0. The molecular weight excluding hydrogens is 436 g/mol. The molecule has 0 fully saturated rings. The van der Waals surface area contributed by atoms with Crippen molar-refractivity contribution in [2.24, 2.45) is 5.73 Å². The van der Waals surface area contributed by atoms with E-state index in [4.69, 9.17) is 19.9 Å². The van der Waals surface area contributed by atoms with Gasteiger partial charge in [0, 0.05) is 12.0 Å². The third-order valence-electron chi connectivity index (χ3n) is 4.64. The van der Waals surface area contributed by atoms with E-state index in [1.54, 1.807) is 72.7 Å². The molecule has 0 bridgehead atoms. The molecule has 1 aromatic carbocycles. The van der Waals surface area contributed by atoms with Crippen LogP contribution in [0.2, 0.25) is 0 Å². The largest absolute Gasteiger partial charge is 0.468 e. The SMILES string of the molecule is COC(=O)[C@@H](N)Cc1nc(C)c(C(=O)OC(C)(C)C)c(-c2ccccc2)c1C(=O)OC(C)(C)C. The fourth-order valence-electron chi connectivity index (χ4n) is 3.38. The topological polar surface area (TPSA) is 118 Å². The number of hydrogen-bond donors (Lipinski definition) is 1. The molecule has 2 aromatic rings. The number of nitrogens with zero attached hydrogens (tertiary/aromatic N) is 1. The Morgan fingerprint density at radius 3 is 1.88 bits per heavy atom. The summed E-state index contributed by atoms with van der Waals surface area (Å²) in [6.45, 7) is 12.1. The molecule has 0 saturated carbocycles. The van der Waals surface area contributed by atoms with E-state index in [1.807, 2.05) is 6.07 Å². The first-order valence-electron chi connectivity index (χ1n) is 11.0. The lowest BCUT2D eigenvalue weighted by molar-refractivity contribution is -0.142. The number of benzene rings is 1. The maximum Gasteiger partial charge on any atom is 0.341 e. The summed E-state index contributed by atoms with van der Waals surface area (Å²) in [6.07, 6.45) is -0.0868. The summed E-state index contributed by atoms with van der Waals surface area (Å²) in [5.41, 5.74) is 6.14. The second-order valence-corrected chi connectivity index (χ2v) is 9.97. The second kappa shape index (κ2) is 10.3. The van der Waals surface area contributed by atoms with Crippen molar-refractivity contribution in [3.63, 3.8) is 0 Å².